The summed E-state index contributed by atoms with van der Waals surface area (Å²) >= 11 is 0. The van der Waals surface area contributed by atoms with Gasteiger partial charge in [-0.3, -0.25) is 0 Å². The molecular weight excluding hydrogens is 182 g/mol. The number of hydrogen-bond donors (Lipinski definition) is 1. The first-order valence-corrected chi connectivity index (χ1v) is 6.12. The van der Waals surface area contributed by atoms with Crippen molar-refractivity contribution in [3.05, 3.63) is 35.4 Å². The zero-order valence-electron chi connectivity index (χ0n) is 9.58. The molecule has 0 spiro atoms. The van der Waals surface area contributed by atoms with Crippen molar-refractivity contribution in [1.29, 1.82) is 0 Å². The summed E-state index contributed by atoms with van der Waals surface area (Å²) in [4.78, 5) is 0. The van der Waals surface area contributed by atoms with Crippen LogP contribution in [-0.2, 0) is 0 Å². The highest BCUT2D eigenvalue weighted by molar-refractivity contribution is 5.33. The van der Waals surface area contributed by atoms with Crippen molar-refractivity contribution in [3.63, 3.8) is 0 Å². The Balaban J connectivity index is 2.28. The minimum Gasteiger partial charge on any atom is -0.330 e. The van der Waals surface area contributed by atoms with Crippen molar-refractivity contribution in [2.45, 2.75) is 44.4 Å². The van der Waals surface area contributed by atoms with Crippen LogP contribution >= 0.6 is 0 Å². The molecule has 0 radical (unpaired) electrons. The lowest BCUT2D eigenvalue weighted by Crippen LogP contribution is -2.12. The number of benzene rings is 1. The van der Waals surface area contributed by atoms with Crippen molar-refractivity contribution < 1.29 is 0 Å². The second kappa shape index (κ2) is 4.80. The summed E-state index contributed by atoms with van der Waals surface area (Å²) in [5, 5.41) is 0. The Morgan fingerprint density at radius 1 is 1.27 bits per heavy atom. The molecule has 82 valence electrons. The van der Waals surface area contributed by atoms with Gasteiger partial charge in [-0.05, 0) is 42.3 Å². The number of hydrogen-bond acceptors (Lipinski definition) is 1. The van der Waals surface area contributed by atoms with Crippen LogP contribution in [-0.4, -0.2) is 6.54 Å². The molecule has 1 aromatic rings. The van der Waals surface area contributed by atoms with Gasteiger partial charge >= 0.3 is 0 Å². The summed E-state index contributed by atoms with van der Waals surface area (Å²) in [6.45, 7) is 2.98. The summed E-state index contributed by atoms with van der Waals surface area (Å²) in [5.74, 6) is 1.30. The van der Waals surface area contributed by atoms with E-state index >= 15 is 0 Å². The van der Waals surface area contributed by atoms with E-state index in [2.05, 4.69) is 31.2 Å². The molecule has 0 saturated heterocycles. The summed E-state index contributed by atoms with van der Waals surface area (Å²) in [5.41, 5.74) is 8.81. The molecule has 15 heavy (non-hydrogen) atoms. The van der Waals surface area contributed by atoms with Gasteiger partial charge in [0, 0.05) is 0 Å². The lowest BCUT2D eigenvalue weighted by molar-refractivity contribution is 0.684. The third-order valence-electron chi connectivity index (χ3n) is 3.68. The average molecular weight is 203 g/mol. The van der Waals surface area contributed by atoms with Gasteiger partial charge in [-0.1, -0.05) is 44.0 Å². The summed E-state index contributed by atoms with van der Waals surface area (Å²) in [6, 6.07) is 8.86. The maximum atomic E-state index is 5.77. The minimum atomic E-state index is 0.502. The molecule has 2 N–H and O–H groups in total. The second-order valence-electron chi connectivity index (χ2n) is 4.75. The molecule has 0 bridgehead atoms. The molecule has 1 aliphatic carbocycles. The molecule has 2 rings (SSSR count). The highest BCUT2D eigenvalue weighted by atomic mass is 14.5. The predicted octanol–water partition coefficient (Wildman–Crippen LogP) is 3.41. The molecule has 0 aliphatic heterocycles. The van der Waals surface area contributed by atoms with Gasteiger partial charge in [0.15, 0.2) is 0 Å². The molecule has 0 aromatic heterocycles. The fraction of sp³-hybridized carbons (Fsp3) is 0.571. The van der Waals surface area contributed by atoms with Crippen molar-refractivity contribution in [2.75, 3.05) is 6.54 Å². The van der Waals surface area contributed by atoms with Gasteiger partial charge in [0.2, 0.25) is 0 Å². The Morgan fingerprint density at radius 2 is 1.93 bits per heavy atom. The summed E-state index contributed by atoms with van der Waals surface area (Å²) in [6.07, 6.45) is 5.54. The first-order valence-electron chi connectivity index (χ1n) is 6.12. The molecule has 1 aliphatic rings. The monoisotopic (exact) mass is 203 g/mol. The highest BCUT2D eigenvalue weighted by Gasteiger charge is 2.20. The summed E-state index contributed by atoms with van der Waals surface area (Å²) < 4.78 is 0. The highest BCUT2D eigenvalue weighted by Crippen LogP contribution is 2.37. The minimum absolute atomic E-state index is 0.502. The van der Waals surface area contributed by atoms with Crippen molar-refractivity contribution in [2.24, 2.45) is 5.73 Å². The first kappa shape index (κ1) is 10.7. The maximum Gasteiger partial charge on any atom is -0.00108 e. The van der Waals surface area contributed by atoms with E-state index < -0.39 is 0 Å². The van der Waals surface area contributed by atoms with Crippen molar-refractivity contribution in [1.82, 2.24) is 0 Å². The Kier molecular flexibility index (Phi) is 3.42. The molecule has 1 aromatic carbocycles. The molecule has 1 heteroatoms. The molecule has 1 atom stereocenters. The van der Waals surface area contributed by atoms with Gasteiger partial charge in [-0.15, -0.1) is 0 Å². The quantitative estimate of drug-likeness (QED) is 0.800. The van der Waals surface area contributed by atoms with Crippen molar-refractivity contribution in [3.8, 4) is 0 Å². The van der Waals surface area contributed by atoms with Crippen molar-refractivity contribution >= 4 is 0 Å². The molecule has 1 nitrogen and oxygen atoms in total. The third-order valence-corrected chi connectivity index (χ3v) is 3.68. The van der Waals surface area contributed by atoms with Gasteiger partial charge in [0.1, 0.15) is 0 Å². The van der Waals surface area contributed by atoms with E-state index in [0.717, 1.165) is 12.5 Å². The van der Waals surface area contributed by atoms with Crippen LogP contribution in [0.5, 0.6) is 0 Å². The van der Waals surface area contributed by atoms with Gasteiger partial charge in [0.25, 0.3) is 0 Å². The Bertz CT molecular complexity index is 313. The normalized spacial score (nSPS) is 19.3. The average Bonchev–Trinajstić information content (AvgIpc) is 2.81. The smallest absolute Gasteiger partial charge is 0.00108 e. The fourth-order valence-electron chi connectivity index (χ4n) is 2.70. The predicted molar refractivity (Wildman–Crippen MR) is 65.1 cm³/mol. The van der Waals surface area contributed by atoms with Crippen LogP contribution in [0.2, 0.25) is 0 Å². The van der Waals surface area contributed by atoms with E-state index in [9.17, 15) is 0 Å². The Morgan fingerprint density at radius 3 is 2.60 bits per heavy atom. The third kappa shape index (κ3) is 2.23. The Labute approximate surface area is 92.7 Å². The SMILES string of the molecule is CC(CN)c1ccccc1C1CCCC1. The van der Waals surface area contributed by atoms with Crippen LogP contribution in [0, 0.1) is 0 Å². The van der Waals surface area contributed by atoms with E-state index in [4.69, 9.17) is 5.73 Å². The molecule has 0 amide bonds. The van der Waals surface area contributed by atoms with Gasteiger partial charge in [-0.2, -0.15) is 0 Å². The fourth-order valence-corrected chi connectivity index (χ4v) is 2.70. The number of nitrogens with two attached hydrogens (primary N) is 1. The van der Waals surface area contributed by atoms with Gasteiger partial charge < -0.3 is 5.73 Å². The topological polar surface area (TPSA) is 26.0 Å². The van der Waals surface area contributed by atoms with E-state index in [0.29, 0.717) is 5.92 Å². The van der Waals surface area contributed by atoms with Crippen LogP contribution in [0.4, 0.5) is 0 Å². The summed E-state index contributed by atoms with van der Waals surface area (Å²) in [7, 11) is 0. The largest absolute Gasteiger partial charge is 0.330 e. The van der Waals surface area contributed by atoms with Crippen LogP contribution in [0.1, 0.15) is 55.6 Å². The lowest BCUT2D eigenvalue weighted by Gasteiger charge is -2.19. The van der Waals surface area contributed by atoms with E-state index in [1.165, 1.54) is 31.2 Å². The van der Waals surface area contributed by atoms with Crippen LogP contribution < -0.4 is 5.73 Å². The maximum absolute atomic E-state index is 5.77. The van der Waals surface area contributed by atoms with E-state index in [-0.39, 0.29) is 0 Å². The van der Waals surface area contributed by atoms with Gasteiger partial charge in [0.05, 0.1) is 0 Å². The van der Waals surface area contributed by atoms with Crippen LogP contribution in [0.15, 0.2) is 24.3 Å². The van der Waals surface area contributed by atoms with Gasteiger partial charge in [-0.25, -0.2) is 0 Å². The first-order chi connectivity index (χ1) is 7.33. The number of rotatable bonds is 3. The lowest BCUT2D eigenvalue weighted by atomic mass is 9.87. The molecular formula is C14H21N. The Hall–Kier alpha value is -0.820. The zero-order valence-corrected chi connectivity index (χ0v) is 9.58. The second-order valence-corrected chi connectivity index (χ2v) is 4.75. The standard InChI is InChI=1S/C14H21N/c1-11(10-15)13-8-4-5-9-14(13)12-6-2-3-7-12/h4-5,8-9,11-12H,2-3,6-7,10,15H2,1H3. The molecule has 0 heterocycles. The molecule has 1 saturated carbocycles. The van der Waals surface area contributed by atoms with Crippen LogP contribution in [0.3, 0.4) is 0 Å². The van der Waals surface area contributed by atoms with Crippen LogP contribution in [0.25, 0.3) is 0 Å². The molecule has 1 fully saturated rings. The molecule has 1 unspecified atom stereocenters. The zero-order chi connectivity index (χ0) is 10.7. The van der Waals surface area contributed by atoms with E-state index in [1.54, 1.807) is 5.56 Å². The van der Waals surface area contributed by atoms with E-state index in [1.807, 2.05) is 0 Å².